The number of aromatic nitrogens is 1. The molecule has 0 N–H and O–H groups in total. The van der Waals surface area contributed by atoms with Gasteiger partial charge in [-0.3, -0.25) is 9.59 Å². The van der Waals surface area contributed by atoms with E-state index in [4.69, 9.17) is 38.5 Å². The van der Waals surface area contributed by atoms with Crippen LogP contribution < -0.4 is 19.2 Å². The Labute approximate surface area is 425 Å². The fourth-order valence-electron chi connectivity index (χ4n) is 10.6. The summed E-state index contributed by atoms with van der Waals surface area (Å²) in [7, 11) is 0. The predicted molar refractivity (Wildman–Crippen MR) is 281 cm³/mol. The van der Waals surface area contributed by atoms with Crippen molar-refractivity contribution in [3.63, 3.8) is 0 Å². The highest BCUT2D eigenvalue weighted by molar-refractivity contribution is 7.22. The van der Waals surface area contributed by atoms with Gasteiger partial charge in [-0.15, -0.1) is 0 Å². The lowest BCUT2D eigenvalue weighted by molar-refractivity contribution is -0.145. The Morgan fingerprint density at radius 3 is 2.11 bits per heavy atom. The topological polar surface area (TPSA) is 135 Å². The van der Waals surface area contributed by atoms with Crippen molar-refractivity contribution in [3.05, 3.63) is 90.5 Å². The molecule has 0 saturated heterocycles. The molecule has 13 heteroatoms. The van der Waals surface area contributed by atoms with Crippen LogP contribution in [-0.4, -0.2) is 68.9 Å². The number of benzene rings is 3. The monoisotopic (exact) mass is 992 g/mol. The Hall–Kier alpha value is -5.11. The summed E-state index contributed by atoms with van der Waals surface area (Å²) in [6.45, 7) is 10.1. The summed E-state index contributed by atoms with van der Waals surface area (Å²) >= 11 is 1.65. The van der Waals surface area contributed by atoms with Crippen molar-refractivity contribution in [2.24, 2.45) is 34.7 Å². The Morgan fingerprint density at radius 1 is 0.718 bits per heavy atom. The zero-order chi connectivity index (χ0) is 49.6. The molecule has 7 rings (SSSR count). The van der Waals surface area contributed by atoms with Gasteiger partial charge in [0.1, 0.15) is 30.6 Å². The van der Waals surface area contributed by atoms with E-state index in [1.807, 2.05) is 35.5 Å². The number of carbonyl (C=O) groups is 3. The van der Waals surface area contributed by atoms with E-state index in [0.29, 0.717) is 75.1 Å². The van der Waals surface area contributed by atoms with Gasteiger partial charge in [0.15, 0.2) is 0 Å². The quantitative estimate of drug-likeness (QED) is 0.0107. The molecule has 384 valence electrons. The minimum absolute atomic E-state index is 0.104. The van der Waals surface area contributed by atoms with Crippen LogP contribution in [0.3, 0.4) is 0 Å². The predicted octanol–water partition coefficient (Wildman–Crippen LogP) is 13.4. The fraction of sp³-hybridized carbons (Fsp3) is 0.569. The first-order valence-corrected chi connectivity index (χ1v) is 27.5. The normalized spacial score (nSPS) is 21.4. The highest BCUT2D eigenvalue weighted by Crippen LogP contribution is 2.45. The summed E-state index contributed by atoms with van der Waals surface area (Å²) in [5, 5.41) is 7.99. The Bertz CT molecular complexity index is 2260. The number of carbonyl (C=O) groups excluding carboxylic acids is 3. The highest BCUT2D eigenvalue weighted by atomic mass is 32.1. The molecule has 0 bridgehead atoms. The third-order valence-corrected chi connectivity index (χ3v) is 15.8. The molecule has 3 saturated carbocycles. The van der Waals surface area contributed by atoms with E-state index in [1.54, 1.807) is 35.6 Å². The van der Waals surface area contributed by atoms with E-state index < -0.39 is 5.97 Å². The molecule has 1 aromatic heterocycles. The van der Waals surface area contributed by atoms with Crippen molar-refractivity contribution in [3.8, 4) is 17.2 Å². The molecule has 0 amide bonds. The molecule has 4 aromatic rings. The molecule has 3 fully saturated rings. The van der Waals surface area contributed by atoms with Gasteiger partial charge >= 0.3 is 17.9 Å². The van der Waals surface area contributed by atoms with E-state index in [1.165, 1.54) is 76.2 Å². The van der Waals surface area contributed by atoms with Gasteiger partial charge in [0.05, 0.1) is 48.1 Å². The maximum absolute atomic E-state index is 14.0. The van der Waals surface area contributed by atoms with Crippen molar-refractivity contribution in [1.29, 1.82) is 0 Å². The number of fused-ring (bicyclic) bond motifs is 1. The number of para-hydroxylation sites is 1. The SMILES string of the molecule is C=CC(=O)OCCCOCOCCOc1ccc(OC(=O)C2CCC(C(=O)Oc3ccc(C4CCC(C5CCC(CCC)CC5)CC4)cc3/C=N/N(CCCCCC)c3nc4ccccc4s3)CC2)cc1. The fourth-order valence-corrected chi connectivity index (χ4v) is 11.6. The van der Waals surface area contributed by atoms with E-state index >= 15 is 0 Å². The van der Waals surface area contributed by atoms with Gasteiger partial charge in [-0.25, -0.2) is 14.8 Å². The summed E-state index contributed by atoms with van der Waals surface area (Å²) < 4.78 is 34.6. The summed E-state index contributed by atoms with van der Waals surface area (Å²) in [6, 6.07) is 21.5. The third kappa shape index (κ3) is 16.7. The number of hydrazone groups is 1. The summed E-state index contributed by atoms with van der Waals surface area (Å²) in [5.41, 5.74) is 3.06. The minimum atomic E-state index is -0.453. The number of nitrogens with zero attached hydrogens (tertiary/aromatic N) is 3. The van der Waals surface area contributed by atoms with Gasteiger partial charge in [-0.05, 0) is 148 Å². The van der Waals surface area contributed by atoms with Crippen LogP contribution in [0.25, 0.3) is 10.2 Å². The summed E-state index contributed by atoms with van der Waals surface area (Å²) in [6.07, 6.45) is 23.4. The second kappa shape index (κ2) is 28.8. The lowest BCUT2D eigenvalue weighted by atomic mass is 9.68. The molecule has 3 aliphatic carbocycles. The molecule has 0 unspecified atom stereocenters. The van der Waals surface area contributed by atoms with Crippen LogP contribution in [-0.2, 0) is 28.6 Å². The van der Waals surface area contributed by atoms with Gasteiger partial charge < -0.3 is 28.4 Å². The first-order valence-electron chi connectivity index (χ1n) is 26.7. The van der Waals surface area contributed by atoms with E-state index in [9.17, 15) is 14.4 Å². The van der Waals surface area contributed by atoms with Crippen molar-refractivity contribution >= 4 is 50.8 Å². The van der Waals surface area contributed by atoms with Gasteiger partial charge in [0, 0.05) is 24.6 Å². The number of thiazole rings is 1. The van der Waals surface area contributed by atoms with E-state index in [-0.39, 0.29) is 37.2 Å². The van der Waals surface area contributed by atoms with Crippen molar-refractivity contribution in [2.75, 3.05) is 44.8 Å². The van der Waals surface area contributed by atoms with Gasteiger partial charge in [-0.2, -0.15) is 5.10 Å². The zero-order valence-electron chi connectivity index (χ0n) is 42.3. The largest absolute Gasteiger partial charge is 0.491 e. The van der Waals surface area contributed by atoms with Crippen LogP contribution in [0.4, 0.5) is 5.13 Å². The molecule has 0 atom stereocenters. The Kier molecular flexibility index (Phi) is 21.8. The lowest BCUT2D eigenvalue weighted by Crippen LogP contribution is -2.30. The van der Waals surface area contributed by atoms with Crippen molar-refractivity contribution in [2.45, 2.75) is 142 Å². The van der Waals surface area contributed by atoms with Gasteiger partial charge in [-0.1, -0.05) is 94.9 Å². The number of ether oxygens (including phenoxy) is 6. The smallest absolute Gasteiger partial charge is 0.330 e. The van der Waals surface area contributed by atoms with Crippen LogP contribution in [0, 0.1) is 29.6 Å². The standard InChI is InChI=1S/C58H77N3O9S/c1-4-7-8-11-34-61(58-60-52-14-9-10-15-54(52)71-58)59-40-49-39-48(45-22-20-44(21-23-45)43-18-16-42(13-5-2)17-19-43)28-33-53(49)70-57(64)47-26-24-46(25-27-47)56(63)69-51-31-29-50(30-32-51)67-38-37-66-41-65-35-12-36-68-55(62)6-3/h6,9-10,14-15,28-33,39-40,42-47H,3-5,7-8,11-13,16-27,34-38,41H2,1-2H3/b59-40+. The first-order chi connectivity index (χ1) is 34.8. The highest BCUT2D eigenvalue weighted by Gasteiger charge is 2.34. The van der Waals surface area contributed by atoms with E-state index in [2.05, 4.69) is 38.6 Å². The third-order valence-electron chi connectivity index (χ3n) is 14.7. The average Bonchev–Trinajstić information content (AvgIpc) is 3.84. The molecular weight excluding hydrogens is 915 g/mol. The number of anilines is 1. The molecule has 1 heterocycles. The van der Waals surface area contributed by atoms with Crippen LogP contribution in [0.1, 0.15) is 153 Å². The molecular formula is C58H77N3O9S. The maximum Gasteiger partial charge on any atom is 0.330 e. The van der Waals surface area contributed by atoms with Crippen LogP contribution >= 0.6 is 11.3 Å². The molecule has 0 spiro atoms. The Balaban J connectivity index is 0.926. The van der Waals surface area contributed by atoms with Crippen molar-refractivity contribution in [1.82, 2.24) is 4.98 Å². The molecule has 0 aliphatic heterocycles. The number of hydrogen-bond acceptors (Lipinski definition) is 13. The molecule has 71 heavy (non-hydrogen) atoms. The van der Waals surface area contributed by atoms with Crippen LogP contribution in [0.2, 0.25) is 0 Å². The van der Waals surface area contributed by atoms with Crippen LogP contribution in [0.15, 0.2) is 84.5 Å². The number of unbranched alkanes of at least 4 members (excludes halogenated alkanes) is 3. The second-order valence-corrected chi connectivity index (χ2v) is 20.8. The summed E-state index contributed by atoms with van der Waals surface area (Å²) in [4.78, 5) is 43.3. The second-order valence-electron chi connectivity index (χ2n) is 19.7. The van der Waals surface area contributed by atoms with Crippen LogP contribution in [0.5, 0.6) is 17.2 Å². The Morgan fingerprint density at radius 2 is 1.41 bits per heavy atom. The molecule has 3 aliphatic rings. The van der Waals surface area contributed by atoms with E-state index in [0.717, 1.165) is 70.5 Å². The molecule has 0 radical (unpaired) electrons. The lowest BCUT2D eigenvalue weighted by Gasteiger charge is -2.38. The minimum Gasteiger partial charge on any atom is -0.491 e. The van der Waals surface area contributed by atoms with Crippen molar-refractivity contribution < 1.29 is 42.8 Å². The molecule has 3 aromatic carbocycles. The summed E-state index contributed by atoms with van der Waals surface area (Å²) in [5.74, 6) is 3.03. The zero-order valence-corrected chi connectivity index (χ0v) is 43.1. The first kappa shape index (κ1) is 53.7. The average molecular weight is 992 g/mol. The molecule has 12 nitrogen and oxygen atoms in total. The number of hydrogen-bond donors (Lipinski definition) is 0. The van der Waals surface area contributed by atoms with Gasteiger partial charge in [0.2, 0.25) is 5.13 Å². The number of esters is 3. The maximum atomic E-state index is 14.0. The van der Waals surface area contributed by atoms with Gasteiger partial charge in [0.25, 0.3) is 0 Å². The number of rotatable bonds is 27.